The van der Waals surface area contributed by atoms with E-state index in [1.807, 2.05) is 13.0 Å². The summed E-state index contributed by atoms with van der Waals surface area (Å²) >= 11 is 0. The molecule has 2 amide bonds. The van der Waals surface area contributed by atoms with Gasteiger partial charge in [0.2, 0.25) is 5.91 Å². The number of rotatable bonds is 11. The van der Waals surface area contributed by atoms with Crippen molar-refractivity contribution in [2.24, 2.45) is 0 Å². The minimum Gasteiger partial charge on any atom is -0.494 e. The number of ether oxygens (including phenoxy) is 1. The van der Waals surface area contributed by atoms with E-state index in [1.54, 1.807) is 85.2 Å². The third-order valence-electron chi connectivity index (χ3n) is 5.68. The highest BCUT2D eigenvalue weighted by atomic mass is 32.2. The van der Waals surface area contributed by atoms with E-state index in [-0.39, 0.29) is 22.7 Å². The summed E-state index contributed by atoms with van der Waals surface area (Å²) in [5, 5.41) is 5.51. The summed E-state index contributed by atoms with van der Waals surface area (Å²) in [6.45, 7) is 2.04. The van der Waals surface area contributed by atoms with Gasteiger partial charge in [0.1, 0.15) is 12.3 Å². The molecule has 0 bridgehead atoms. The van der Waals surface area contributed by atoms with Crippen LogP contribution in [0.25, 0.3) is 0 Å². The molecule has 0 aliphatic heterocycles. The third-order valence-corrected chi connectivity index (χ3v) is 7.46. The Bertz CT molecular complexity index is 1510. The lowest BCUT2D eigenvalue weighted by Gasteiger charge is -2.24. The second-order valence-electron chi connectivity index (χ2n) is 8.39. The molecule has 2 N–H and O–H groups in total. The Morgan fingerprint density at radius 1 is 0.897 bits per heavy atom. The number of para-hydroxylation sites is 2. The zero-order chi connectivity index (χ0) is 27.7. The molecule has 0 saturated heterocycles. The van der Waals surface area contributed by atoms with Crippen LogP contribution in [0, 0.1) is 0 Å². The van der Waals surface area contributed by atoms with Crippen molar-refractivity contribution in [3.05, 3.63) is 115 Å². The Balaban J connectivity index is 1.54. The molecule has 3 aromatic carbocycles. The predicted octanol–water partition coefficient (Wildman–Crippen LogP) is 4.24. The lowest BCUT2D eigenvalue weighted by molar-refractivity contribution is -0.114. The van der Waals surface area contributed by atoms with Crippen molar-refractivity contribution >= 4 is 33.2 Å². The highest BCUT2D eigenvalue weighted by Gasteiger charge is 2.27. The molecule has 4 rings (SSSR count). The van der Waals surface area contributed by atoms with Gasteiger partial charge in [-0.3, -0.25) is 18.9 Å². The van der Waals surface area contributed by atoms with Crippen molar-refractivity contribution in [3.8, 4) is 5.75 Å². The number of amides is 2. The van der Waals surface area contributed by atoms with Gasteiger partial charge >= 0.3 is 0 Å². The molecule has 10 heteroatoms. The molecule has 4 aromatic rings. The van der Waals surface area contributed by atoms with Gasteiger partial charge in [0.05, 0.1) is 28.4 Å². The van der Waals surface area contributed by atoms with E-state index in [9.17, 15) is 18.0 Å². The topological polar surface area (TPSA) is 118 Å². The van der Waals surface area contributed by atoms with Crippen LogP contribution >= 0.6 is 0 Å². The third kappa shape index (κ3) is 6.99. The van der Waals surface area contributed by atoms with Crippen LogP contribution in [0.15, 0.2) is 108 Å². The van der Waals surface area contributed by atoms with Crippen LogP contribution in [0.1, 0.15) is 22.8 Å². The summed E-state index contributed by atoms with van der Waals surface area (Å²) < 4.78 is 33.7. The van der Waals surface area contributed by atoms with Crippen LogP contribution in [0.5, 0.6) is 5.75 Å². The van der Waals surface area contributed by atoms with E-state index >= 15 is 0 Å². The van der Waals surface area contributed by atoms with Crippen molar-refractivity contribution in [1.82, 2.24) is 10.3 Å². The van der Waals surface area contributed by atoms with Gasteiger partial charge < -0.3 is 15.4 Å². The van der Waals surface area contributed by atoms with Crippen LogP contribution in [0.4, 0.5) is 11.4 Å². The fourth-order valence-corrected chi connectivity index (χ4v) is 5.22. The molecule has 0 aliphatic rings. The quantitative estimate of drug-likeness (QED) is 0.292. The lowest BCUT2D eigenvalue weighted by Crippen LogP contribution is -2.38. The molecule has 1 aromatic heterocycles. The van der Waals surface area contributed by atoms with Crippen LogP contribution in [-0.2, 0) is 21.4 Å². The maximum atomic E-state index is 13.6. The zero-order valence-electron chi connectivity index (χ0n) is 21.3. The number of sulfonamides is 1. The molecule has 0 radical (unpaired) electrons. The molecule has 0 atom stereocenters. The number of carbonyl (C=O) groups excluding carboxylic acids is 2. The number of carbonyl (C=O) groups is 2. The van der Waals surface area contributed by atoms with Crippen LogP contribution in [0.3, 0.4) is 0 Å². The Morgan fingerprint density at radius 2 is 1.62 bits per heavy atom. The molecule has 9 nitrogen and oxygen atoms in total. The number of nitrogens with zero attached hydrogens (tertiary/aromatic N) is 2. The monoisotopic (exact) mass is 544 g/mol. The van der Waals surface area contributed by atoms with Gasteiger partial charge in [0, 0.05) is 18.9 Å². The number of pyridine rings is 1. The lowest BCUT2D eigenvalue weighted by atomic mass is 10.1. The molecular formula is C29H28N4O5S. The summed E-state index contributed by atoms with van der Waals surface area (Å²) in [4.78, 5) is 30.1. The summed E-state index contributed by atoms with van der Waals surface area (Å²) in [6, 6.07) is 24.5. The zero-order valence-corrected chi connectivity index (χ0v) is 22.1. The number of nitrogens with one attached hydrogen (secondary N) is 2. The summed E-state index contributed by atoms with van der Waals surface area (Å²) in [7, 11) is -4.11. The van der Waals surface area contributed by atoms with Gasteiger partial charge in [0.15, 0.2) is 0 Å². The van der Waals surface area contributed by atoms with E-state index < -0.39 is 28.4 Å². The first-order valence-corrected chi connectivity index (χ1v) is 13.7. The molecule has 0 spiro atoms. The number of aromatic nitrogens is 1. The average molecular weight is 545 g/mol. The fourth-order valence-electron chi connectivity index (χ4n) is 3.80. The number of hydrogen-bond acceptors (Lipinski definition) is 6. The van der Waals surface area contributed by atoms with Crippen molar-refractivity contribution in [3.63, 3.8) is 0 Å². The molecule has 200 valence electrons. The second kappa shape index (κ2) is 12.7. The summed E-state index contributed by atoms with van der Waals surface area (Å²) in [5.41, 5.74) is 1.66. The van der Waals surface area contributed by atoms with Crippen molar-refractivity contribution < 1.29 is 22.7 Å². The van der Waals surface area contributed by atoms with E-state index in [2.05, 4.69) is 15.6 Å². The molecule has 0 aliphatic carbocycles. The Kier molecular flexibility index (Phi) is 8.90. The number of benzene rings is 3. The molecular weight excluding hydrogens is 516 g/mol. The first-order valence-electron chi connectivity index (χ1n) is 12.2. The van der Waals surface area contributed by atoms with Gasteiger partial charge in [-0.25, -0.2) is 8.42 Å². The average Bonchev–Trinajstić information content (AvgIpc) is 2.96. The van der Waals surface area contributed by atoms with Crippen LogP contribution in [0.2, 0.25) is 0 Å². The van der Waals surface area contributed by atoms with Crippen molar-refractivity contribution in [1.29, 1.82) is 0 Å². The molecule has 0 saturated carbocycles. The van der Waals surface area contributed by atoms with Crippen LogP contribution in [-0.4, -0.2) is 38.4 Å². The van der Waals surface area contributed by atoms with Crippen LogP contribution < -0.4 is 19.7 Å². The molecule has 39 heavy (non-hydrogen) atoms. The standard InChI is InChI=1S/C29H28N4O5S/c1-2-38-24-14-16-25(17-15-24)39(36,37)33(23-10-4-3-5-11-23)21-28(34)32-27-13-7-6-12-26(27)29(35)31-20-22-9-8-18-30-19-22/h3-19H,2,20-21H2,1H3,(H,31,35)(H,32,34). The Labute approximate surface area is 227 Å². The van der Waals surface area contributed by atoms with Gasteiger partial charge in [-0.2, -0.15) is 0 Å². The summed E-state index contributed by atoms with van der Waals surface area (Å²) in [6.07, 6.45) is 3.29. The normalized spacial score (nSPS) is 10.9. The SMILES string of the molecule is CCOc1ccc(S(=O)(=O)N(CC(=O)Nc2ccccc2C(=O)NCc2cccnc2)c2ccccc2)cc1. The van der Waals surface area contributed by atoms with E-state index in [0.29, 0.717) is 18.0 Å². The molecule has 0 fully saturated rings. The van der Waals surface area contributed by atoms with Crippen molar-refractivity contribution in [2.45, 2.75) is 18.4 Å². The minimum absolute atomic E-state index is 0.0118. The van der Waals surface area contributed by atoms with E-state index in [0.717, 1.165) is 9.87 Å². The van der Waals surface area contributed by atoms with E-state index in [4.69, 9.17) is 4.74 Å². The molecule has 1 heterocycles. The number of anilines is 2. The highest BCUT2D eigenvalue weighted by Crippen LogP contribution is 2.25. The highest BCUT2D eigenvalue weighted by molar-refractivity contribution is 7.92. The maximum absolute atomic E-state index is 13.6. The first kappa shape index (κ1) is 27.3. The number of hydrogen-bond donors (Lipinski definition) is 2. The largest absolute Gasteiger partial charge is 0.494 e. The maximum Gasteiger partial charge on any atom is 0.264 e. The fraction of sp³-hybridized carbons (Fsp3) is 0.138. The van der Waals surface area contributed by atoms with E-state index in [1.165, 1.54) is 12.1 Å². The molecule has 0 unspecified atom stereocenters. The first-order chi connectivity index (χ1) is 18.9. The Hall–Kier alpha value is -4.70. The summed E-state index contributed by atoms with van der Waals surface area (Å²) in [5.74, 6) is -0.462. The van der Waals surface area contributed by atoms with Gasteiger partial charge in [0.25, 0.3) is 15.9 Å². The van der Waals surface area contributed by atoms with Gasteiger partial charge in [-0.15, -0.1) is 0 Å². The van der Waals surface area contributed by atoms with Gasteiger partial charge in [-0.05, 0) is 67.1 Å². The van der Waals surface area contributed by atoms with Crippen molar-refractivity contribution in [2.75, 3.05) is 22.8 Å². The minimum atomic E-state index is -4.11. The second-order valence-corrected chi connectivity index (χ2v) is 10.3. The predicted molar refractivity (Wildman–Crippen MR) is 149 cm³/mol. The smallest absolute Gasteiger partial charge is 0.264 e. The van der Waals surface area contributed by atoms with Gasteiger partial charge in [-0.1, -0.05) is 36.4 Å². The Morgan fingerprint density at radius 3 is 2.31 bits per heavy atom.